The van der Waals surface area contributed by atoms with Gasteiger partial charge in [-0.05, 0) is 37.2 Å². The van der Waals surface area contributed by atoms with E-state index in [0.29, 0.717) is 5.92 Å². The van der Waals surface area contributed by atoms with E-state index < -0.39 is 11.6 Å². The van der Waals surface area contributed by atoms with Crippen molar-refractivity contribution < 1.29 is 14.6 Å². The SMILES string of the molecule is CCC1CCC(CO)(NC(=O)OCc2ccccc2)CC1. The zero-order valence-corrected chi connectivity index (χ0v) is 12.7. The highest BCUT2D eigenvalue weighted by Crippen LogP contribution is 2.33. The molecular formula is C17H25NO3. The minimum Gasteiger partial charge on any atom is -0.445 e. The number of aliphatic hydroxyl groups is 1. The number of rotatable bonds is 5. The van der Waals surface area contributed by atoms with Crippen LogP contribution >= 0.6 is 0 Å². The van der Waals surface area contributed by atoms with Gasteiger partial charge in [-0.15, -0.1) is 0 Å². The summed E-state index contributed by atoms with van der Waals surface area (Å²) in [5.74, 6) is 0.715. The van der Waals surface area contributed by atoms with E-state index in [2.05, 4.69) is 12.2 Å². The van der Waals surface area contributed by atoms with Crippen LogP contribution in [0.15, 0.2) is 30.3 Å². The van der Waals surface area contributed by atoms with Crippen LogP contribution in [0, 0.1) is 5.92 Å². The minimum atomic E-state index is -0.501. The van der Waals surface area contributed by atoms with Crippen LogP contribution in [-0.2, 0) is 11.3 Å². The van der Waals surface area contributed by atoms with Gasteiger partial charge in [0.05, 0.1) is 12.1 Å². The molecule has 1 aliphatic rings. The zero-order valence-electron chi connectivity index (χ0n) is 12.7. The lowest BCUT2D eigenvalue weighted by atomic mass is 9.76. The van der Waals surface area contributed by atoms with Crippen molar-refractivity contribution in [3.8, 4) is 0 Å². The highest BCUT2D eigenvalue weighted by atomic mass is 16.5. The Labute approximate surface area is 126 Å². The van der Waals surface area contributed by atoms with Gasteiger partial charge in [0.15, 0.2) is 0 Å². The predicted molar refractivity (Wildman–Crippen MR) is 81.8 cm³/mol. The Balaban J connectivity index is 1.83. The molecule has 2 N–H and O–H groups in total. The van der Waals surface area contributed by atoms with Crippen molar-refractivity contribution in [3.63, 3.8) is 0 Å². The molecule has 0 saturated heterocycles. The summed E-state index contributed by atoms with van der Waals surface area (Å²) < 4.78 is 5.25. The summed E-state index contributed by atoms with van der Waals surface area (Å²) in [6, 6.07) is 9.59. The molecule has 21 heavy (non-hydrogen) atoms. The van der Waals surface area contributed by atoms with Crippen molar-refractivity contribution in [2.75, 3.05) is 6.61 Å². The smallest absolute Gasteiger partial charge is 0.407 e. The molecule has 116 valence electrons. The molecule has 1 aromatic rings. The van der Waals surface area contributed by atoms with Gasteiger partial charge >= 0.3 is 6.09 Å². The molecule has 1 amide bonds. The van der Waals surface area contributed by atoms with E-state index in [-0.39, 0.29) is 13.2 Å². The Morgan fingerprint density at radius 1 is 1.33 bits per heavy atom. The Hall–Kier alpha value is -1.55. The third-order valence-corrected chi connectivity index (χ3v) is 4.52. The van der Waals surface area contributed by atoms with E-state index in [0.717, 1.165) is 31.2 Å². The number of aliphatic hydroxyl groups excluding tert-OH is 1. The van der Waals surface area contributed by atoms with E-state index in [4.69, 9.17) is 4.74 Å². The van der Waals surface area contributed by atoms with Crippen LogP contribution in [0.5, 0.6) is 0 Å². The zero-order chi connectivity index (χ0) is 15.1. The molecule has 1 aliphatic carbocycles. The monoisotopic (exact) mass is 291 g/mol. The first-order valence-corrected chi connectivity index (χ1v) is 7.77. The van der Waals surface area contributed by atoms with Crippen LogP contribution < -0.4 is 5.32 Å². The summed E-state index contributed by atoms with van der Waals surface area (Å²) in [5.41, 5.74) is 0.458. The van der Waals surface area contributed by atoms with Gasteiger partial charge in [0.25, 0.3) is 0 Å². The lowest BCUT2D eigenvalue weighted by Gasteiger charge is -2.39. The normalized spacial score (nSPS) is 25.3. The number of hydrogen-bond acceptors (Lipinski definition) is 3. The molecule has 0 heterocycles. The van der Waals surface area contributed by atoms with Crippen LogP contribution in [0.2, 0.25) is 0 Å². The molecule has 0 aromatic heterocycles. The lowest BCUT2D eigenvalue weighted by molar-refractivity contribution is 0.0785. The maximum Gasteiger partial charge on any atom is 0.407 e. The predicted octanol–water partition coefficient (Wildman–Crippen LogP) is 3.24. The molecule has 4 nitrogen and oxygen atoms in total. The lowest BCUT2D eigenvalue weighted by Crippen LogP contribution is -2.53. The largest absolute Gasteiger partial charge is 0.445 e. The van der Waals surface area contributed by atoms with Crippen molar-refractivity contribution in [2.45, 2.75) is 51.2 Å². The van der Waals surface area contributed by atoms with E-state index in [9.17, 15) is 9.90 Å². The Bertz CT molecular complexity index is 439. The maximum atomic E-state index is 12.0. The first-order chi connectivity index (χ1) is 10.2. The van der Waals surface area contributed by atoms with E-state index in [1.807, 2.05) is 30.3 Å². The van der Waals surface area contributed by atoms with E-state index >= 15 is 0 Å². The molecule has 4 heteroatoms. The first-order valence-electron chi connectivity index (χ1n) is 7.77. The molecule has 0 radical (unpaired) electrons. The third-order valence-electron chi connectivity index (χ3n) is 4.52. The van der Waals surface area contributed by atoms with Gasteiger partial charge < -0.3 is 15.2 Å². The Morgan fingerprint density at radius 2 is 2.00 bits per heavy atom. The number of benzene rings is 1. The molecule has 1 saturated carbocycles. The van der Waals surface area contributed by atoms with Crippen LogP contribution in [0.4, 0.5) is 4.79 Å². The number of carbonyl (C=O) groups is 1. The third kappa shape index (κ3) is 4.46. The Kier molecular flexibility index (Phi) is 5.62. The second-order valence-corrected chi connectivity index (χ2v) is 5.98. The number of hydrogen-bond donors (Lipinski definition) is 2. The van der Waals surface area contributed by atoms with Gasteiger partial charge in [-0.25, -0.2) is 4.79 Å². The molecule has 0 aliphatic heterocycles. The summed E-state index contributed by atoms with van der Waals surface area (Å²) in [6.07, 6.45) is 4.47. The summed E-state index contributed by atoms with van der Waals surface area (Å²) >= 11 is 0. The summed E-state index contributed by atoms with van der Waals surface area (Å²) in [6.45, 7) is 2.42. The van der Waals surface area contributed by atoms with Gasteiger partial charge in [0.2, 0.25) is 0 Å². The second kappa shape index (κ2) is 7.46. The van der Waals surface area contributed by atoms with Gasteiger partial charge in [-0.3, -0.25) is 0 Å². The molecular weight excluding hydrogens is 266 g/mol. The maximum absolute atomic E-state index is 12.0. The molecule has 0 unspecified atom stereocenters. The van der Waals surface area contributed by atoms with Crippen LogP contribution in [0.1, 0.15) is 44.6 Å². The number of alkyl carbamates (subject to hydrolysis) is 1. The molecule has 1 fully saturated rings. The highest BCUT2D eigenvalue weighted by Gasteiger charge is 2.36. The summed E-state index contributed by atoms with van der Waals surface area (Å²) in [4.78, 5) is 12.0. The van der Waals surface area contributed by atoms with Crippen molar-refractivity contribution in [2.24, 2.45) is 5.92 Å². The standard InChI is InChI=1S/C17H25NO3/c1-2-14-8-10-17(13-19,11-9-14)18-16(20)21-12-15-6-4-3-5-7-15/h3-7,14,19H,2,8-13H2,1H3,(H,18,20). The van der Waals surface area contributed by atoms with Crippen LogP contribution in [-0.4, -0.2) is 23.3 Å². The quantitative estimate of drug-likeness (QED) is 0.875. The van der Waals surface area contributed by atoms with Crippen molar-refractivity contribution >= 4 is 6.09 Å². The Morgan fingerprint density at radius 3 is 2.57 bits per heavy atom. The van der Waals surface area contributed by atoms with E-state index in [1.54, 1.807) is 0 Å². The van der Waals surface area contributed by atoms with Crippen LogP contribution in [0.25, 0.3) is 0 Å². The molecule has 0 bridgehead atoms. The summed E-state index contributed by atoms with van der Waals surface area (Å²) in [5, 5.41) is 12.6. The van der Waals surface area contributed by atoms with E-state index in [1.165, 1.54) is 6.42 Å². The topological polar surface area (TPSA) is 58.6 Å². The van der Waals surface area contributed by atoms with Gasteiger partial charge in [0, 0.05) is 0 Å². The van der Waals surface area contributed by atoms with Crippen molar-refractivity contribution in [1.29, 1.82) is 0 Å². The van der Waals surface area contributed by atoms with Gasteiger partial charge in [-0.1, -0.05) is 43.7 Å². The number of amides is 1. The number of carbonyl (C=O) groups excluding carboxylic acids is 1. The minimum absolute atomic E-state index is 0.0239. The fraction of sp³-hybridized carbons (Fsp3) is 0.588. The fourth-order valence-corrected chi connectivity index (χ4v) is 2.94. The fourth-order valence-electron chi connectivity index (χ4n) is 2.94. The number of ether oxygens (including phenoxy) is 1. The van der Waals surface area contributed by atoms with Gasteiger partial charge in [-0.2, -0.15) is 0 Å². The van der Waals surface area contributed by atoms with Crippen LogP contribution in [0.3, 0.4) is 0 Å². The average Bonchev–Trinajstić information content (AvgIpc) is 2.54. The second-order valence-electron chi connectivity index (χ2n) is 5.98. The molecule has 0 spiro atoms. The van der Waals surface area contributed by atoms with Gasteiger partial charge in [0.1, 0.15) is 6.61 Å². The molecule has 0 atom stereocenters. The molecule has 2 rings (SSSR count). The highest BCUT2D eigenvalue weighted by molar-refractivity contribution is 5.68. The van der Waals surface area contributed by atoms with Crippen molar-refractivity contribution in [1.82, 2.24) is 5.32 Å². The first kappa shape index (κ1) is 15.8. The van der Waals surface area contributed by atoms with Crippen molar-refractivity contribution in [3.05, 3.63) is 35.9 Å². The summed E-state index contributed by atoms with van der Waals surface area (Å²) in [7, 11) is 0. The average molecular weight is 291 g/mol. The molecule has 1 aromatic carbocycles. The number of nitrogens with one attached hydrogen (secondary N) is 1.